The van der Waals surface area contributed by atoms with Gasteiger partial charge in [0.2, 0.25) is 0 Å². The van der Waals surface area contributed by atoms with E-state index in [2.05, 4.69) is 15.9 Å². The van der Waals surface area contributed by atoms with E-state index in [0.29, 0.717) is 17.3 Å². The van der Waals surface area contributed by atoms with Gasteiger partial charge in [-0.1, -0.05) is 28.1 Å². The van der Waals surface area contributed by atoms with Crippen LogP contribution in [0.3, 0.4) is 0 Å². The highest BCUT2D eigenvalue weighted by atomic mass is 79.9. The van der Waals surface area contributed by atoms with Crippen LogP contribution in [0.1, 0.15) is 24.0 Å². The molecule has 1 saturated carbocycles. The van der Waals surface area contributed by atoms with Crippen LogP contribution in [-0.2, 0) is 5.60 Å². The average Bonchev–Trinajstić information content (AvgIpc) is 3.03. The van der Waals surface area contributed by atoms with Gasteiger partial charge in [-0.05, 0) is 37.0 Å². The van der Waals surface area contributed by atoms with Crippen molar-refractivity contribution in [2.75, 3.05) is 0 Å². The third kappa shape index (κ3) is 2.10. The van der Waals surface area contributed by atoms with Gasteiger partial charge in [-0.15, -0.1) is 0 Å². The summed E-state index contributed by atoms with van der Waals surface area (Å²) in [5, 5.41) is 10.0. The van der Waals surface area contributed by atoms with Gasteiger partial charge in [0.1, 0.15) is 0 Å². The van der Waals surface area contributed by atoms with E-state index in [1.165, 1.54) is 12.1 Å². The minimum atomic E-state index is -4.64. The van der Waals surface area contributed by atoms with E-state index in [1.54, 1.807) is 13.0 Å². The summed E-state index contributed by atoms with van der Waals surface area (Å²) in [7, 11) is 0. The standard InChI is InChI=1S/C12H12BrF3O/c1-7-2-3-9(6-10(7)13)11(17,8-4-5-8)12(14,15)16/h2-3,6,8,17H,4-5H2,1H3/t11-/m0/s1. The summed E-state index contributed by atoms with van der Waals surface area (Å²) in [6.45, 7) is 1.79. The molecular formula is C12H12BrF3O. The lowest BCUT2D eigenvalue weighted by atomic mass is 9.87. The van der Waals surface area contributed by atoms with Crippen LogP contribution < -0.4 is 0 Å². The van der Waals surface area contributed by atoms with E-state index in [1.807, 2.05) is 0 Å². The van der Waals surface area contributed by atoms with Crippen molar-refractivity contribution < 1.29 is 18.3 Å². The molecule has 0 aliphatic heterocycles. The Morgan fingerprint density at radius 1 is 1.29 bits per heavy atom. The maximum Gasteiger partial charge on any atom is 0.421 e. The third-order valence-electron chi connectivity index (χ3n) is 3.21. The summed E-state index contributed by atoms with van der Waals surface area (Å²) >= 11 is 3.20. The Kier molecular flexibility index (Phi) is 3.02. The summed E-state index contributed by atoms with van der Waals surface area (Å²) < 4.78 is 39.7. The van der Waals surface area contributed by atoms with Gasteiger partial charge in [0.25, 0.3) is 0 Å². The normalized spacial score (nSPS) is 20.1. The van der Waals surface area contributed by atoms with Crippen LogP contribution >= 0.6 is 15.9 Å². The van der Waals surface area contributed by atoms with Crippen molar-refractivity contribution >= 4 is 15.9 Å². The smallest absolute Gasteiger partial charge is 0.376 e. The van der Waals surface area contributed by atoms with Crippen LogP contribution in [0.5, 0.6) is 0 Å². The minimum absolute atomic E-state index is 0.0787. The van der Waals surface area contributed by atoms with Gasteiger partial charge in [-0.25, -0.2) is 0 Å². The first-order chi connectivity index (χ1) is 7.76. The van der Waals surface area contributed by atoms with Crippen LogP contribution in [-0.4, -0.2) is 11.3 Å². The number of aryl methyl sites for hydroxylation is 1. The first-order valence-electron chi connectivity index (χ1n) is 5.32. The maximum atomic E-state index is 13.0. The van der Waals surface area contributed by atoms with E-state index >= 15 is 0 Å². The molecule has 0 saturated heterocycles. The molecule has 1 aliphatic carbocycles. The monoisotopic (exact) mass is 308 g/mol. The van der Waals surface area contributed by atoms with Crippen LogP contribution in [0.4, 0.5) is 13.2 Å². The summed E-state index contributed by atoms with van der Waals surface area (Å²) in [5.41, 5.74) is -1.94. The van der Waals surface area contributed by atoms with E-state index in [-0.39, 0.29) is 5.56 Å². The molecule has 0 unspecified atom stereocenters. The Morgan fingerprint density at radius 3 is 2.29 bits per heavy atom. The largest absolute Gasteiger partial charge is 0.421 e. The number of rotatable bonds is 2. The molecule has 0 spiro atoms. The zero-order valence-corrected chi connectivity index (χ0v) is 10.8. The van der Waals surface area contributed by atoms with Gasteiger partial charge >= 0.3 is 6.18 Å². The van der Waals surface area contributed by atoms with Crippen molar-refractivity contribution in [3.8, 4) is 0 Å². The third-order valence-corrected chi connectivity index (χ3v) is 4.07. The van der Waals surface area contributed by atoms with Crippen molar-refractivity contribution in [1.82, 2.24) is 0 Å². The summed E-state index contributed by atoms with van der Waals surface area (Å²) in [6.07, 6.45) is -3.80. The van der Waals surface area contributed by atoms with Gasteiger partial charge in [0, 0.05) is 10.4 Å². The molecule has 0 aromatic heterocycles. The van der Waals surface area contributed by atoms with Crippen molar-refractivity contribution in [1.29, 1.82) is 0 Å². The molecule has 94 valence electrons. The second kappa shape index (κ2) is 3.99. The summed E-state index contributed by atoms with van der Waals surface area (Å²) in [4.78, 5) is 0. The first kappa shape index (κ1) is 12.9. The van der Waals surface area contributed by atoms with Gasteiger partial charge in [0.15, 0.2) is 5.60 Å². The van der Waals surface area contributed by atoms with Crippen molar-refractivity contribution in [2.24, 2.45) is 5.92 Å². The predicted molar refractivity (Wildman–Crippen MR) is 61.6 cm³/mol. The second-order valence-corrected chi connectivity index (χ2v) is 5.36. The quantitative estimate of drug-likeness (QED) is 0.878. The second-order valence-electron chi connectivity index (χ2n) is 4.50. The number of benzene rings is 1. The van der Waals surface area contributed by atoms with Crippen LogP contribution in [0, 0.1) is 12.8 Å². The minimum Gasteiger partial charge on any atom is -0.376 e. The fraction of sp³-hybridized carbons (Fsp3) is 0.500. The highest BCUT2D eigenvalue weighted by Crippen LogP contribution is 2.54. The summed E-state index contributed by atoms with van der Waals surface area (Å²) in [5.74, 6) is -0.711. The molecule has 1 fully saturated rings. The average molecular weight is 309 g/mol. The lowest BCUT2D eigenvalue weighted by molar-refractivity contribution is -0.275. The molecule has 1 aliphatic rings. The van der Waals surface area contributed by atoms with E-state index in [9.17, 15) is 18.3 Å². The van der Waals surface area contributed by atoms with Crippen molar-refractivity contribution in [2.45, 2.75) is 31.5 Å². The molecule has 0 radical (unpaired) electrons. The molecule has 1 nitrogen and oxygen atoms in total. The van der Waals surface area contributed by atoms with Gasteiger partial charge in [-0.2, -0.15) is 13.2 Å². The lowest BCUT2D eigenvalue weighted by Crippen LogP contribution is -2.44. The fourth-order valence-corrected chi connectivity index (χ4v) is 2.34. The SMILES string of the molecule is Cc1ccc([C@@](O)(C2CC2)C(F)(F)F)cc1Br. The molecule has 1 aromatic carbocycles. The predicted octanol–water partition coefficient (Wildman–Crippen LogP) is 3.92. The van der Waals surface area contributed by atoms with E-state index in [0.717, 1.165) is 5.56 Å². The van der Waals surface area contributed by atoms with Crippen LogP contribution in [0.15, 0.2) is 22.7 Å². The molecule has 1 atom stereocenters. The van der Waals surface area contributed by atoms with Crippen molar-refractivity contribution in [3.05, 3.63) is 33.8 Å². The Morgan fingerprint density at radius 2 is 1.88 bits per heavy atom. The molecule has 0 amide bonds. The lowest BCUT2D eigenvalue weighted by Gasteiger charge is -2.31. The zero-order valence-electron chi connectivity index (χ0n) is 9.18. The van der Waals surface area contributed by atoms with Gasteiger partial charge in [0.05, 0.1) is 0 Å². The van der Waals surface area contributed by atoms with E-state index < -0.39 is 17.7 Å². The number of aliphatic hydroxyl groups is 1. The molecule has 5 heteroatoms. The van der Waals surface area contributed by atoms with Crippen molar-refractivity contribution in [3.63, 3.8) is 0 Å². The maximum absolute atomic E-state index is 13.0. The number of halogens is 4. The summed E-state index contributed by atoms with van der Waals surface area (Å²) in [6, 6.07) is 4.30. The van der Waals surface area contributed by atoms with Gasteiger partial charge < -0.3 is 5.11 Å². The highest BCUT2D eigenvalue weighted by Gasteiger charge is 2.62. The Balaban J connectivity index is 2.50. The highest BCUT2D eigenvalue weighted by molar-refractivity contribution is 9.10. The molecule has 0 bridgehead atoms. The first-order valence-corrected chi connectivity index (χ1v) is 6.12. The number of hydrogen-bond acceptors (Lipinski definition) is 1. The Labute approximate surface area is 106 Å². The Bertz CT molecular complexity index is 440. The zero-order chi connectivity index (χ0) is 12.8. The molecule has 17 heavy (non-hydrogen) atoms. The Hall–Kier alpha value is -0.550. The van der Waals surface area contributed by atoms with E-state index in [4.69, 9.17) is 0 Å². The molecule has 1 aromatic rings. The van der Waals surface area contributed by atoms with Gasteiger partial charge in [-0.3, -0.25) is 0 Å². The number of hydrogen-bond donors (Lipinski definition) is 1. The van der Waals surface area contributed by atoms with Crippen LogP contribution in [0.25, 0.3) is 0 Å². The molecule has 2 rings (SSSR count). The molecule has 0 heterocycles. The molecular weight excluding hydrogens is 297 g/mol. The topological polar surface area (TPSA) is 20.2 Å². The molecule has 1 N–H and O–H groups in total. The fourth-order valence-electron chi connectivity index (χ4n) is 1.96. The van der Waals surface area contributed by atoms with Crippen LogP contribution in [0.2, 0.25) is 0 Å². The number of alkyl halides is 3.